The first-order chi connectivity index (χ1) is 14.2. The molecule has 162 valence electrons. The zero-order valence-electron chi connectivity index (χ0n) is 15.9. The number of hydrogen-bond donors (Lipinski definition) is 1. The van der Waals surface area contributed by atoms with Crippen molar-refractivity contribution in [1.82, 2.24) is 19.9 Å². The van der Waals surface area contributed by atoms with Crippen molar-refractivity contribution >= 4 is 29.2 Å². The molecule has 1 amide bonds. The Morgan fingerprint density at radius 1 is 1.07 bits per heavy atom. The molecule has 0 radical (unpaired) electrons. The number of likely N-dealkylation sites (tertiary alicyclic amines) is 1. The van der Waals surface area contributed by atoms with Crippen LogP contribution in [0.3, 0.4) is 0 Å². The molecule has 8 nitrogen and oxygen atoms in total. The van der Waals surface area contributed by atoms with Crippen molar-refractivity contribution in [3.63, 3.8) is 0 Å². The maximum Gasteiger partial charge on any atom is 0.490 e. The minimum atomic E-state index is -5.08. The summed E-state index contributed by atoms with van der Waals surface area (Å²) >= 11 is 1.47. The lowest BCUT2D eigenvalue weighted by molar-refractivity contribution is -0.192. The van der Waals surface area contributed by atoms with Crippen LogP contribution >= 0.6 is 11.3 Å². The lowest BCUT2D eigenvalue weighted by Crippen LogP contribution is -2.43. The largest absolute Gasteiger partial charge is 0.490 e. The number of halogens is 3. The summed E-state index contributed by atoms with van der Waals surface area (Å²) < 4.78 is 31.7. The minimum Gasteiger partial charge on any atom is -0.475 e. The van der Waals surface area contributed by atoms with E-state index in [1.807, 2.05) is 16.3 Å². The van der Waals surface area contributed by atoms with Gasteiger partial charge in [-0.25, -0.2) is 19.7 Å². The lowest BCUT2D eigenvalue weighted by atomic mass is 9.78. The Morgan fingerprint density at radius 2 is 1.67 bits per heavy atom. The molecule has 2 saturated heterocycles. The van der Waals surface area contributed by atoms with Gasteiger partial charge in [0.05, 0.1) is 5.51 Å². The molecule has 12 heteroatoms. The first kappa shape index (κ1) is 21.9. The fraction of sp³-hybridized carbons (Fsp3) is 0.500. The van der Waals surface area contributed by atoms with Crippen LogP contribution in [0.15, 0.2) is 29.4 Å². The smallest absolute Gasteiger partial charge is 0.475 e. The van der Waals surface area contributed by atoms with Crippen LogP contribution in [0.25, 0.3) is 0 Å². The van der Waals surface area contributed by atoms with E-state index in [4.69, 9.17) is 9.90 Å². The van der Waals surface area contributed by atoms with Gasteiger partial charge in [-0.3, -0.25) is 4.79 Å². The van der Waals surface area contributed by atoms with E-state index < -0.39 is 12.1 Å². The van der Waals surface area contributed by atoms with Crippen molar-refractivity contribution in [3.8, 4) is 0 Å². The summed E-state index contributed by atoms with van der Waals surface area (Å²) in [5.41, 5.74) is 2.57. The van der Waals surface area contributed by atoms with E-state index in [9.17, 15) is 18.0 Å². The maximum absolute atomic E-state index is 12.5. The number of nitrogens with zero attached hydrogens (tertiary/aromatic N) is 5. The number of carbonyl (C=O) groups is 2. The maximum atomic E-state index is 12.5. The second-order valence-electron chi connectivity index (χ2n) is 7.19. The third-order valence-electron chi connectivity index (χ3n) is 5.28. The number of carbonyl (C=O) groups excluding carboxylic acids is 1. The SMILES string of the molecule is O=C(O)C(F)(F)F.O=C(c1cscn1)N1CCC2(CCN(c3ncccn3)CC2)C1. The van der Waals surface area contributed by atoms with Crippen molar-refractivity contribution in [2.75, 3.05) is 31.1 Å². The van der Waals surface area contributed by atoms with Gasteiger partial charge in [0.15, 0.2) is 0 Å². The highest BCUT2D eigenvalue weighted by molar-refractivity contribution is 7.07. The number of rotatable bonds is 2. The Kier molecular flexibility index (Phi) is 6.54. The summed E-state index contributed by atoms with van der Waals surface area (Å²) in [5.74, 6) is -1.86. The number of carboxylic acid groups (broad SMARTS) is 1. The topological polar surface area (TPSA) is 99.5 Å². The summed E-state index contributed by atoms with van der Waals surface area (Å²) in [4.78, 5) is 38.4. The summed E-state index contributed by atoms with van der Waals surface area (Å²) in [7, 11) is 0. The number of amides is 1. The van der Waals surface area contributed by atoms with Crippen molar-refractivity contribution in [3.05, 3.63) is 35.0 Å². The summed E-state index contributed by atoms with van der Waals surface area (Å²) in [6, 6.07) is 1.84. The predicted molar refractivity (Wildman–Crippen MR) is 102 cm³/mol. The quantitative estimate of drug-likeness (QED) is 0.762. The molecular weight excluding hydrogens is 423 g/mol. The van der Waals surface area contributed by atoms with Crippen molar-refractivity contribution in [2.24, 2.45) is 5.41 Å². The molecule has 4 heterocycles. The number of aromatic nitrogens is 3. The zero-order chi connectivity index (χ0) is 21.8. The molecule has 0 atom stereocenters. The van der Waals surface area contributed by atoms with Gasteiger partial charge in [-0.1, -0.05) is 0 Å². The van der Waals surface area contributed by atoms with Gasteiger partial charge in [0, 0.05) is 44.0 Å². The highest BCUT2D eigenvalue weighted by Crippen LogP contribution is 2.41. The van der Waals surface area contributed by atoms with Gasteiger partial charge in [-0.2, -0.15) is 13.2 Å². The van der Waals surface area contributed by atoms with Crippen molar-refractivity contribution in [1.29, 1.82) is 0 Å². The molecule has 0 saturated carbocycles. The molecule has 1 N–H and O–H groups in total. The normalized spacial score (nSPS) is 18.1. The summed E-state index contributed by atoms with van der Waals surface area (Å²) in [5, 5.41) is 8.96. The Morgan fingerprint density at radius 3 is 2.20 bits per heavy atom. The minimum absolute atomic E-state index is 0.0805. The molecule has 2 aromatic heterocycles. The van der Waals surface area contributed by atoms with E-state index in [-0.39, 0.29) is 11.3 Å². The van der Waals surface area contributed by atoms with E-state index in [0.717, 1.165) is 51.4 Å². The van der Waals surface area contributed by atoms with Crippen LogP contribution in [0.4, 0.5) is 19.1 Å². The number of thiazole rings is 1. The first-order valence-corrected chi connectivity index (χ1v) is 10.1. The molecule has 0 unspecified atom stereocenters. The van der Waals surface area contributed by atoms with Crippen LogP contribution in [0.1, 0.15) is 29.8 Å². The van der Waals surface area contributed by atoms with Gasteiger partial charge in [0.2, 0.25) is 5.95 Å². The molecule has 2 aliphatic heterocycles. The van der Waals surface area contributed by atoms with Gasteiger partial charge in [0.25, 0.3) is 5.91 Å². The molecule has 30 heavy (non-hydrogen) atoms. The summed E-state index contributed by atoms with van der Waals surface area (Å²) in [6.45, 7) is 3.62. The lowest BCUT2D eigenvalue weighted by Gasteiger charge is -2.39. The van der Waals surface area contributed by atoms with Gasteiger partial charge in [0.1, 0.15) is 5.69 Å². The molecular formula is C18H20F3N5O3S. The Labute approximate surface area is 174 Å². The molecule has 0 bridgehead atoms. The number of anilines is 1. The van der Waals surface area contributed by atoms with E-state index in [2.05, 4.69) is 19.9 Å². The van der Waals surface area contributed by atoms with Crippen LogP contribution in [0, 0.1) is 5.41 Å². The van der Waals surface area contributed by atoms with Gasteiger partial charge < -0.3 is 14.9 Å². The van der Waals surface area contributed by atoms with E-state index in [0.29, 0.717) is 5.69 Å². The molecule has 0 aromatic carbocycles. The van der Waals surface area contributed by atoms with Gasteiger partial charge in [-0.15, -0.1) is 11.3 Å². The second kappa shape index (κ2) is 8.94. The Hall–Kier alpha value is -2.76. The van der Waals surface area contributed by atoms with E-state index in [1.165, 1.54) is 11.3 Å². The molecule has 1 spiro atoms. The standard InChI is InChI=1S/C16H19N5OS.C2HF3O2/c22-14(13-10-23-12-19-13)21-9-4-16(11-21)2-7-20(8-3-16)15-17-5-1-6-18-15;3-2(4,5)1(6)7/h1,5-6,10,12H,2-4,7-9,11H2;(H,6,7). The second-order valence-corrected chi connectivity index (χ2v) is 7.91. The van der Waals surface area contributed by atoms with E-state index in [1.54, 1.807) is 17.9 Å². The van der Waals surface area contributed by atoms with Gasteiger partial charge >= 0.3 is 12.1 Å². The number of piperidine rings is 1. The molecule has 4 rings (SSSR count). The molecule has 2 aromatic rings. The number of hydrogen-bond acceptors (Lipinski definition) is 7. The average molecular weight is 443 g/mol. The molecule has 2 fully saturated rings. The number of alkyl halides is 3. The highest BCUT2D eigenvalue weighted by Gasteiger charge is 2.42. The molecule has 2 aliphatic rings. The fourth-order valence-corrected chi connectivity index (χ4v) is 4.16. The Balaban J connectivity index is 0.000000318. The van der Waals surface area contributed by atoms with Crippen molar-refractivity contribution < 1.29 is 27.9 Å². The average Bonchev–Trinajstić information content (AvgIpc) is 3.39. The van der Waals surface area contributed by atoms with Crippen LogP contribution in [0.5, 0.6) is 0 Å². The zero-order valence-corrected chi connectivity index (χ0v) is 16.7. The van der Waals surface area contributed by atoms with Gasteiger partial charge in [-0.05, 0) is 30.7 Å². The van der Waals surface area contributed by atoms with Crippen LogP contribution in [0.2, 0.25) is 0 Å². The third kappa shape index (κ3) is 5.23. The van der Waals surface area contributed by atoms with E-state index >= 15 is 0 Å². The number of carboxylic acids is 1. The Bertz CT molecular complexity index is 856. The predicted octanol–water partition coefficient (Wildman–Crippen LogP) is 2.70. The first-order valence-electron chi connectivity index (χ1n) is 9.20. The van der Waals surface area contributed by atoms with Crippen LogP contribution in [-0.4, -0.2) is 69.2 Å². The van der Waals surface area contributed by atoms with Crippen molar-refractivity contribution in [2.45, 2.75) is 25.4 Å². The summed E-state index contributed by atoms with van der Waals surface area (Å²) in [6.07, 6.45) is 1.76. The fourth-order valence-electron chi connectivity index (χ4n) is 3.63. The molecule has 0 aliphatic carbocycles. The monoisotopic (exact) mass is 443 g/mol. The van der Waals surface area contributed by atoms with Crippen LogP contribution in [-0.2, 0) is 4.79 Å². The third-order valence-corrected chi connectivity index (χ3v) is 5.87. The number of aliphatic carboxylic acids is 1. The highest BCUT2D eigenvalue weighted by atomic mass is 32.1. The van der Waals surface area contributed by atoms with Crippen LogP contribution < -0.4 is 4.90 Å².